The average molecular weight is 408 g/mol. The van der Waals surface area contributed by atoms with Gasteiger partial charge in [0.2, 0.25) is 0 Å². The molecule has 6 nitrogen and oxygen atoms in total. The fraction of sp³-hybridized carbons (Fsp3) is 0.714. The predicted octanol–water partition coefficient (Wildman–Crippen LogP) is 1.43. The number of guanidine groups is 1. The molecule has 0 saturated heterocycles. The number of aromatic nitrogens is 2. The number of aryl methyl sites for hydroxylation is 1. The van der Waals surface area contributed by atoms with Gasteiger partial charge in [-0.05, 0) is 26.5 Å². The lowest BCUT2D eigenvalue weighted by Gasteiger charge is -2.23. The van der Waals surface area contributed by atoms with Crippen molar-refractivity contribution >= 4 is 29.9 Å². The highest BCUT2D eigenvalue weighted by atomic mass is 127. The average Bonchev–Trinajstić information content (AvgIpc) is 2.86. The van der Waals surface area contributed by atoms with Crippen molar-refractivity contribution in [3.8, 4) is 0 Å². The fourth-order valence-electron chi connectivity index (χ4n) is 1.85. The Morgan fingerprint density at radius 3 is 2.71 bits per heavy atom. The van der Waals surface area contributed by atoms with Gasteiger partial charge in [0.1, 0.15) is 0 Å². The molecule has 0 aliphatic carbocycles. The third-order valence-corrected chi connectivity index (χ3v) is 3.68. The molecule has 1 atom stereocenters. The number of hydrogen-bond donors (Lipinski definition) is 2. The smallest absolute Gasteiger partial charge is 0.191 e. The Morgan fingerprint density at radius 2 is 2.19 bits per heavy atom. The lowest BCUT2D eigenvalue weighted by atomic mass is 10.2. The van der Waals surface area contributed by atoms with Crippen LogP contribution in [-0.4, -0.2) is 53.9 Å². The quantitative estimate of drug-likeness (QED) is 0.407. The van der Waals surface area contributed by atoms with E-state index in [1.165, 1.54) is 6.42 Å². The van der Waals surface area contributed by atoms with Crippen LogP contribution in [0.5, 0.6) is 0 Å². The van der Waals surface area contributed by atoms with Gasteiger partial charge >= 0.3 is 0 Å². The van der Waals surface area contributed by atoms with Crippen molar-refractivity contribution in [2.75, 3.05) is 27.2 Å². The standard InChI is InChI=1S/C14H28N6.HI/c1-6-12(2)19(4)10-9-16-14(15-3)17-11-13-7-8-18-20(13)5;/h7-8,12H,6,9-11H2,1-5H3,(H2,15,16,17);1H. The van der Waals surface area contributed by atoms with Crippen molar-refractivity contribution < 1.29 is 0 Å². The van der Waals surface area contributed by atoms with Crippen LogP contribution in [0, 0.1) is 0 Å². The van der Waals surface area contributed by atoms with E-state index in [1.807, 2.05) is 17.8 Å². The Bertz CT molecular complexity index is 417. The maximum Gasteiger partial charge on any atom is 0.191 e. The van der Waals surface area contributed by atoms with Crippen molar-refractivity contribution in [1.29, 1.82) is 0 Å². The SMILES string of the molecule is CCC(C)N(C)CCNC(=NC)NCc1ccnn1C.I. The molecule has 1 aromatic rings. The van der Waals surface area contributed by atoms with Gasteiger partial charge in [0.15, 0.2) is 5.96 Å². The van der Waals surface area contributed by atoms with Gasteiger partial charge in [-0.1, -0.05) is 6.92 Å². The highest BCUT2D eigenvalue weighted by molar-refractivity contribution is 14.0. The first kappa shape index (κ1) is 20.2. The molecule has 21 heavy (non-hydrogen) atoms. The van der Waals surface area contributed by atoms with Crippen LogP contribution < -0.4 is 10.6 Å². The predicted molar refractivity (Wildman–Crippen MR) is 99.2 cm³/mol. The zero-order valence-electron chi connectivity index (χ0n) is 13.8. The summed E-state index contributed by atoms with van der Waals surface area (Å²) in [4.78, 5) is 6.57. The molecule has 0 radical (unpaired) electrons. The van der Waals surface area contributed by atoms with Crippen LogP contribution in [0.15, 0.2) is 17.3 Å². The lowest BCUT2D eigenvalue weighted by Crippen LogP contribution is -2.42. The Kier molecular flexibility index (Phi) is 10.4. The van der Waals surface area contributed by atoms with E-state index < -0.39 is 0 Å². The van der Waals surface area contributed by atoms with E-state index in [9.17, 15) is 0 Å². The number of rotatable bonds is 7. The van der Waals surface area contributed by atoms with Crippen molar-refractivity contribution in [3.05, 3.63) is 18.0 Å². The molecule has 2 N–H and O–H groups in total. The van der Waals surface area contributed by atoms with Crippen molar-refractivity contribution in [2.45, 2.75) is 32.9 Å². The molecule has 0 aliphatic rings. The summed E-state index contributed by atoms with van der Waals surface area (Å²) >= 11 is 0. The maximum atomic E-state index is 4.23. The van der Waals surface area contributed by atoms with Gasteiger partial charge in [-0.15, -0.1) is 24.0 Å². The van der Waals surface area contributed by atoms with Gasteiger partial charge in [0.05, 0.1) is 12.2 Å². The van der Waals surface area contributed by atoms with Gasteiger partial charge in [-0.25, -0.2) is 0 Å². The van der Waals surface area contributed by atoms with Gasteiger partial charge in [0.25, 0.3) is 0 Å². The molecule has 0 fully saturated rings. The molecule has 0 aliphatic heterocycles. The number of hydrogen-bond acceptors (Lipinski definition) is 3. The van der Waals surface area contributed by atoms with E-state index in [0.717, 1.165) is 31.3 Å². The minimum absolute atomic E-state index is 0. The van der Waals surface area contributed by atoms with Crippen LogP contribution in [0.2, 0.25) is 0 Å². The first-order valence-electron chi connectivity index (χ1n) is 7.20. The summed E-state index contributed by atoms with van der Waals surface area (Å²) in [6.07, 6.45) is 2.97. The van der Waals surface area contributed by atoms with E-state index in [2.05, 4.69) is 46.5 Å². The summed E-state index contributed by atoms with van der Waals surface area (Å²) in [7, 11) is 5.88. The second-order valence-electron chi connectivity index (χ2n) is 5.04. The number of likely N-dealkylation sites (N-methyl/N-ethyl adjacent to an activating group) is 1. The number of halogens is 1. The van der Waals surface area contributed by atoms with Crippen molar-refractivity contribution in [1.82, 2.24) is 25.3 Å². The zero-order valence-corrected chi connectivity index (χ0v) is 16.1. The fourth-order valence-corrected chi connectivity index (χ4v) is 1.85. The van der Waals surface area contributed by atoms with Crippen LogP contribution in [0.1, 0.15) is 26.0 Å². The Labute approximate surface area is 145 Å². The van der Waals surface area contributed by atoms with Crippen LogP contribution >= 0.6 is 24.0 Å². The minimum Gasteiger partial charge on any atom is -0.355 e. The second-order valence-corrected chi connectivity index (χ2v) is 5.04. The molecule has 0 saturated carbocycles. The number of aliphatic imine (C=N–C) groups is 1. The van der Waals surface area contributed by atoms with Gasteiger partial charge in [0, 0.05) is 39.4 Å². The largest absolute Gasteiger partial charge is 0.355 e. The molecule has 7 heteroatoms. The third-order valence-electron chi connectivity index (χ3n) is 3.68. The minimum atomic E-state index is 0. The number of nitrogens with one attached hydrogen (secondary N) is 2. The summed E-state index contributed by atoms with van der Waals surface area (Å²) in [6.45, 7) is 7.06. The van der Waals surface area contributed by atoms with Crippen LogP contribution in [0.4, 0.5) is 0 Å². The van der Waals surface area contributed by atoms with Crippen molar-refractivity contribution in [3.63, 3.8) is 0 Å². The first-order chi connectivity index (χ1) is 9.58. The second kappa shape index (κ2) is 10.8. The van der Waals surface area contributed by atoms with Crippen molar-refractivity contribution in [2.24, 2.45) is 12.0 Å². The topological polar surface area (TPSA) is 57.5 Å². The molecular formula is C14H29IN6. The summed E-state index contributed by atoms with van der Waals surface area (Å²) in [5, 5.41) is 10.8. The molecule has 122 valence electrons. The lowest BCUT2D eigenvalue weighted by molar-refractivity contribution is 0.255. The maximum absolute atomic E-state index is 4.23. The van der Waals surface area contributed by atoms with Gasteiger partial charge in [-0.2, -0.15) is 5.10 Å². The van der Waals surface area contributed by atoms with Gasteiger partial charge in [-0.3, -0.25) is 9.67 Å². The summed E-state index contributed by atoms with van der Waals surface area (Å²) < 4.78 is 1.86. The number of nitrogens with zero attached hydrogens (tertiary/aromatic N) is 4. The molecule has 1 unspecified atom stereocenters. The van der Waals surface area contributed by atoms with Crippen LogP contribution in [0.25, 0.3) is 0 Å². The van der Waals surface area contributed by atoms with E-state index in [4.69, 9.17) is 0 Å². The monoisotopic (exact) mass is 408 g/mol. The zero-order chi connectivity index (χ0) is 15.0. The van der Waals surface area contributed by atoms with E-state index in [-0.39, 0.29) is 24.0 Å². The molecule has 1 rings (SSSR count). The van der Waals surface area contributed by atoms with E-state index in [1.54, 1.807) is 13.2 Å². The van der Waals surface area contributed by atoms with Crippen LogP contribution in [-0.2, 0) is 13.6 Å². The molecule has 1 heterocycles. The molecule has 0 amide bonds. The highest BCUT2D eigenvalue weighted by Crippen LogP contribution is 1.98. The van der Waals surface area contributed by atoms with E-state index in [0.29, 0.717) is 6.04 Å². The first-order valence-corrected chi connectivity index (χ1v) is 7.20. The summed E-state index contributed by atoms with van der Waals surface area (Å²) in [6, 6.07) is 2.61. The highest BCUT2D eigenvalue weighted by Gasteiger charge is 2.06. The summed E-state index contributed by atoms with van der Waals surface area (Å²) in [5.41, 5.74) is 1.13. The normalized spacial score (nSPS) is 13.0. The third kappa shape index (κ3) is 7.12. The molecule has 0 aromatic carbocycles. The summed E-state index contributed by atoms with van der Waals surface area (Å²) in [5.74, 6) is 0.823. The Hall–Kier alpha value is -0.830. The Balaban J connectivity index is 0.00000400. The Morgan fingerprint density at radius 1 is 1.48 bits per heavy atom. The van der Waals surface area contributed by atoms with Crippen LogP contribution in [0.3, 0.4) is 0 Å². The van der Waals surface area contributed by atoms with Gasteiger partial charge < -0.3 is 15.5 Å². The van der Waals surface area contributed by atoms with E-state index >= 15 is 0 Å². The molecular weight excluding hydrogens is 379 g/mol. The molecule has 0 spiro atoms. The molecule has 1 aromatic heterocycles. The molecule has 0 bridgehead atoms.